The van der Waals surface area contributed by atoms with E-state index in [1.165, 1.54) is 12.1 Å². The Kier molecular flexibility index (Phi) is 5.34. The number of hydrogen-bond donors (Lipinski definition) is 0. The van der Waals surface area contributed by atoms with E-state index in [4.69, 9.17) is 4.74 Å². The van der Waals surface area contributed by atoms with Gasteiger partial charge in [0.25, 0.3) is 5.91 Å². The maximum Gasteiger partial charge on any atom is 0.254 e. The summed E-state index contributed by atoms with van der Waals surface area (Å²) in [6.07, 6.45) is 3.64. The monoisotopic (exact) mass is 393 g/mol. The Bertz CT molecular complexity index is 1010. The number of rotatable bonds is 5. The highest BCUT2D eigenvalue weighted by Gasteiger charge is 2.34. The lowest BCUT2D eigenvalue weighted by molar-refractivity contribution is 0.0727. The summed E-state index contributed by atoms with van der Waals surface area (Å²) in [5.41, 5.74) is 2.63. The lowest BCUT2D eigenvalue weighted by Gasteiger charge is -2.25. The van der Waals surface area contributed by atoms with Crippen LogP contribution >= 0.6 is 0 Å². The molecule has 1 saturated heterocycles. The number of amides is 1. The number of aryl methyl sites for hydroxylation is 1. The minimum atomic E-state index is -0.248. The van der Waals surface area contributed by atoms with Gasteiger partial charge in [-0.2, -0.15) is 0 Å². The molecule has 150 valence electrons. The number of ether oxygens (including phenoxy) is 1. The molecule has 0 bridgehead atoms. The predicted octanol–water partition coefficient (Wildman–Crippen LogP) is 4.36. The van der Waals surface area contributed by atoms with Crippen molar-refractivity contribution in [2.75, 3.05) is 13.7 Å². The van der Waals surface area contributed by atoms with Gasteiger partial charge in [0.05, 0.1) is 13.2 Å². The van der Waals surface area contributed by atoms with Crippen molar-refractivity contribution in [1.82, 2.24) is 14.5 Å². The maximum absolute atomic E-state index is 13.3. The van der Waals surface area contributed by atoms with Gasteiger partial charge in [-0.25, -0.2) is 9.37 Å². The van der Waals surface area contributed by atoms with Gasteiger partial charge in [0, 0.05) is 30.5 Å². The molecule has 0 aliphatic carbocycles. The third-order valence-electron chi connectivity index (χ3n) is 5.47. The van der Waals surface area contributed by atoms with E-state index in [0.717, 1.165) is 29.9 Å². The van der Waals surface area contributed by atoms with Crippen molar-refractivity contribution in [3.8, 4) is 5.75 Å². The maximum atomic E-state index is 13.3. The molecule has 2 aromatic carbocycles. The molecule has 5 nitrogen and oxygen atoms in total. The van der Waals surface area contributed by atoms with Crippen molar-refractivity contribution in [3.63, 3.8) is 0 Å². The summed E-state index contributed by atoms with van der Waals surface area (Å²) >= 11 is 0. The summed E-state index contributed by atoms with van der Waals surface area (Å²) < 4.78 is 20.6. The van der Waals surface area contributed by atoms with Crippen molar-refractivity contribution in [2.45, 2.75) is 32.4 Å². The topological polar surface area (TPSA) is 47.4 Å². The molecule has 1 unspecified atom stereocenters. The summed E-state index contributed by atoms with van der Waals surface area (Å²) in [5.74, 6) is 1.28. The molecule has 1 aromatic heterocycles. The van der Waals surface area contributed by atoms with E-state index in [-0.39, 0.29) is 17.8 Å². The van der Waals surface area contributed by atoms with Gasteiger partial charge in [0.15, 0.2) is 0 Å². The van der Waals surface area contributed by atoms with E-state index < -0.39 is 0 Å². The van der Waals surface area contributed by atoms with Gasteiger partial charge in [-0.3, -0.25) is 4.79 Å². The Morgan fingerprint density at radius 3 is 2.79 bits per heavy atom. The van der Waals surface area contributed by atoms with Crippen LogP contribution < -0.4 is 4.74 Å². The van der Waals surface area contributed by atoms with Gasteiger partial charge in [-0.1, -0.05) is 18.2 Å². The zero-order valence-corrected chi connectivity index (χ0v) is 16.6. The van der Waals surface area contributed by atoms with Gasteiger partial charge < -0.3 is 14.2 Å². The average Bonchev–Trinajstić information content (AvgIpc) is 3.36. The van der Waals surface area contributed by atoms with Crippen molar-refractivity contribution >= 4 is 5.91 Å². The van der Waals surface area contributed by atoms with Crippen LogP contribution in [0.2, 0.25) is 0 Å². The van der Waals surface area contributed by atoms with Gasteiger partial charge in [0.2, 0.25) is 0 Å². The molecule has 0 spiro atoms. The highest BCUT2D eigenvalue weighted by molar-refractivity contribution is 5.95. The van der Waals surface area contributed by atoms with Crippen LogP contribution in [-0.4, -0.2) is 34.0 Å². The van der Waals surface area contributed by atoms with Gasteiger partial charge in [0.1, 0.15) is 17.4 Å². The number of nitrogens with zero attached hydrogens (tertiary/aromatic N) is 3. The number of carbonyl (C=O) groups excluding carboxylic acids is 1. The molecule has 2 heterocycles. The number of carbonyl (C=O) groups is 1. The van der Waals surface area contributed by atoms with Crippen LogP contribution in [-0.2, 0) is 6.54 Å². The molecular weight excluding hydrogens is 369 g/mol. The van der Waals surface area contributed by atoms with Gasteiger partial charge >= 0.3 is 0 Å². The Hall–Kier alpha value is -3.15. The van der Waals surface area contributed by atoms with Crippen molar-refractivity contribution in [1.29, 1.82) is 0 Å². The molecule has 0 radical (unpaired) electrons. The molecule has 0 N–H and O–H groups in total. The Morgan fingerprint density at radius 2 is 2.03 bits per heavy atom. The predicted molar refractivity (Wildman–Crippen MR) is 108 cm³/mol. The molecule has 1 atom stereocenters. The fourth-order valence-electron chi connectivity index (χ4n) is 3.92. The number of likely N-dealkylation sites (tertiary alicyclic amines) is 1. The molecule has 29 heavy (non-hydrogen) atoms. The van der Waals surface area contributed by atoms with E-state index in [9.17, 15) is 9.18 Å². The van der Waals surface area contributed by atoms with Crippen LogP contribution in [0.5, 0.6) is 5.75 Å². The Morgan fingerprint density at radius 1 is 1.24 bits per heavy atom. The lowest BCUT2D eigenvalue weighted by Crippen LogP contribution is -2.32. The molecule has 3 aromatic rings. The van der Waals surface area contributed by atoms with Crippen LogP contribution in [0.1, 0.15) is 46.3 Å². The molecule has 1 aliphatic heterocycles. The number of imidazole rings is 1. The molecule has 6 heteroatoms. The minimum Gasteiger partial charge on any atom is -0.497 e. The Balaban J connectivity index is 1.62. The van der Waals surface area contributed by atoms with E-state index in [1.807, 2.05) is 36.2 Å². The van der Waals surface area contributed by atoms with Crippen LogP contribution in [0.15, 0.2) is 54.7 Å². The molecule has 4 rings (SSSR count). The number of methoxy groups -OCH3 is 1. The first kappa shape index (κ1) is 19.2. The van der Waals surface area contributed by atoms with E-state index in [1.54, 1.807) is 25.3 Å². The van der Waals surface area contributed by atoms with Gasteiger partial charge in [-0.15, -0.1) is 0 Å². The molecule has 1 fully saturated rings. The largest absolute Gasteiger partial charge is 0.497 e. The fraction of sp³-hybridized carbons (Fsp3) is 0.304. The molecule has 0 saturated carbocycles. The number of halogens is 1. The number of hydrogen-bond acceptors (Lipinski definition) is 3. The van der Waals surface area contributed by atoms with Crippen LogP contribution in [0.3, 0.4) is 0 Å². The zero-order chi connectivity index (χ0) is 20.4. The highest BCUT2D eigenvalue weighted by Crippen LogP contribution is 2.33. The average molecular weight is 393 g/mol. The molecule has 1 aliphatic rings. The summed E-state index contributed by atoms with van der Waals surface area (Å²) in [6, 6.07) is 13.7. The van der Waals surface area contributed by atoms with Crippen molar-refractivity contribution in [3.05, 3.63) is 83.2 Å². The third-order valence-corrected chi connectivity index (χ3v) is 5.47. The molecular formula is C23H24FN3O2. The van der Waals surface area contributed by atoms with Crippen LogP contribution in [0, 0.1) is 12.7 Å². The second-order valence-corrected chi connectivity index (χ2v) is 7.36. The lowest BCUT2D eigenvalue weighted by atomic mass is 10.1. The second-order valence-electron chi connectivity index (χ2n) is 7.36. The van der Waals surface area contributed by atoms with Gasteiger partial charge in [-0.05, 0) is 55.7 Å². The smallest absolute Gasteiger partial charge is 0.254 e. The normalized spacial score (nSPS) is 16.2. The summed E-state index contributed by atoms with van der Waals surface area (Å²) in [5, 5.41) is 0. The SMILES string of the molecule is COc1cccc(C(=O)N2CCCC2c2ncc(C)n2Cc2ccc(F)cc2)c1. The first-order valence-electron chi connectivity index (χ1n) is 9.78. The van der Waals surface area contributed by atoms with E-state index in [2.05, 4.69) is 9.55 Å². The standard InChI is InChI=1S/C23H24FN3O2/c1-16-14-25-22(27(16)15-17-8-10-19(24)11-9-17)21-7-4-12-26(21)23(28)18-5-3-6-20(13-18)29-2/h3,5-6,8-11,13-14,21H,4,7,12,15H2,1-2H3. The third kappa shape index (κ3) is 3.88. The second kappa shape index (κ2) is 8.07. The Labute approximate surface area is 169 Å². The van der Waals surface area contributed by atoms with E-state index >= 15 is 0 Å². The number of aromatic nitrogens is 2. The van der Waals surface area contributed by atoms with Crippen molar-refractivity contribution in [2.24, 2.45) is 0 Å². The fourth-order valence-corrected chi connectivity index (χ4v) is 3.92. The first-order valence-corrected chi connectivity index (χ1v) is 9.78. The quantitative estimate of drug-likeness (QED) is 0.647. The molecule has 1 amide bonds. The minimum absolute atomic E-state index is 0.0135. The first-order chi connectivity index (χ1) is 14.1. The summed E-state index contributed by atoms with van der Waals surface area (Å²) in [6.45, 7) is 3.30. The van der Waals surface area contributed by atoms with Crippen molar-refractivity contribution < 1.29 is 13.9 Å². The highest BCUT2D eigenvalue weighted by atomic mass is 19.1. The zero-order valence-electron chi connectivity index (χ0n) is 16.6. The summed E-state index contributed by atoms with van der Waals surface area (Å²) in [7, 11) is 1.59. The van der Waals surface area contributed by atoms with E-state index in [0.29, 0.717) is 24.4 Å². The summed E-state index contributed by atoms with van der Waals surface area (Å²) in [4.78, 5) is 19.7. The van der Waals surface area contributed by atoms with Crippen LogP contribution in [0.4, 0.5) is 4.39 Å². The van der Waals surface area contributed by atoms with Crippen LogP contribution in [0.25, 0.3) is 0 Å². The number of benzene rings is 2.